The molecule has 0 aliphatic carbocycles. The summed E-state index contributed by atoms with van der Waals surface area (Å²) in [4.78, 5) is 83.3. The summed E-state index contributed by atoms with van der Waals surface area (Å²) in [7, 11) is 3.75. The molecule has 0 fully saturated rings. The van der Waals surface area contributed by atoms with Gasteiger partial charge in [-0.1, -0.05) is 70.3 Å². The zero-order valence-electron chi connectivity index (χ0n) is 62.0. The fraction of sp³-hybridized carbons (Fsp3) is 0.347. The van der Waals surface area contributed by atoms with Crippen LogP contribution in [0.2, 0.25) is 1.41 Å². The van der Waals surface area contributed by atoms with Crippen LogP contribution in [0.25, 0.3) is 11.5 Å². The molecule has 5 aromatic heterocycles. The molecule has 4 unspecified atom stereocenters. The molecule has 4 aromatic carbocycles. The van der Waals surface area contributed by atoms with Crippen LogP contribution in [0, 0.1) is 51.2 Å². The Labute approximate surface area is 643 Å². The van der Waals surface area contributed by atoms with Crippen molar-refractivity contribution in [2.45, 2.75) is 113 Å². The van der Waals surface area contributed by atoms with Crippen LogP contribution in [0.4, 0.5) is 38.2 Å². The number of halogens is 6. The van der Waals surface area contributed by atoms with Gasteiger partial charge in [-0.2, -0.15) is 24.4 Å². The summed E-state index contributed by atoms with van der Waals surface area (Å²) in [6.07, 6.45) is 13.8. The van der Waals surface area contributed by atoms with Gasteiger partial charge in [0, 0.05) is 129 Å². The number of nitriles is 2. The van der Waals surface area contributed by atoms with E-state index >= 15 is 0 Å². The van der Waals surface area contributed by atoms with Crippen LogP contribution in [-0.2, 0) is 32.0 Å². The number of nitrogens with one attached hydrogen (secondary N) is 4. The van der Waals surface area contributed by atoms with E-state index in [4.69, 9.17) is 31.6 Å². The van der Waals surface area contributed by atoms with Crippen molar-refractivity contribution in [2.75, 3.05) is 69.5 Å². The number of alkyl halides is 2. The number of carboxylic acids is 1. The predicted molar refractivity (Wildman–Crippen MR) is 406 cm³/mol. The van der Waals surface area contributed by atoms with E-state index in [1.165, 1.54) is 99.6 Å². The van der Waals surface area contributed by atoms with Crippen LogP contribution in [0.15, 0.2) is 166 Å². The van der Waals surface area contributed by atoms with Gasteiger partial charge in [0.15, 0.2) is 0 Å². The van der Waals surface area contributed by atoms with Gasteiger partial charge in [-0.15, -0.1) is 15.3 Å². The molecule has 0 saturated heterocycles. The minimum atomic E-state index is -2.86. The number of amides is 3. The van der Waals surface area contributed by atoms with Gasteiger partial charge in [-0.05, 0) is 103 Å². The summed E-state index contributed by atoms with van der Waals surface area (Å²) >= 11 is 0. The Morgan fingerprint density at radius 3 is 1.23 bits per heavy atom. The molecule has 587 valence electrons. The summed E-state index contributed by atoms with van der Waals surface area (Å²) in [5.74, 6) is -1.33. The Bertz CT molecular complexity index is 4400. The molecule has 10 rings (SSSR count). The van der Waals surface area contributed by atoms with Gasteiger partial charge in [0.2, 0.25) is 29.6 Å². The van der Waals surface area contributed by atoms with E-state index in [1.807, 2.05) is 39.8 Å². The molecule has 111 heavy (non-hydrogen) atoms. The fourth-order valence-electron chi connectivity index (χ4n) is 10.1. The van der Waals surface area contributed by atoms with Gasteiger partial charge in [0.1, 0.15) is 55.0 Å². The van der Waals surface area contributed by atoms with Crippen molar-refractivity contribution in [3.63, 3.8) is 0 Å². The Balaban J connectivity index is 0.000000491. The molecule has 1 aliphatic heterocycles. The number of anilines is 2. The number of rotatable bonds is 27. The summed E-state index contributed by atoms with van der Waals surface area (Å²) in [6, 6.07) is 28.3. The summed E-state index contributed by atoms with van der Waals surface area (Å²) in [6.45, 7) is 18.3. The van der Waals surface area contributed by atoms with Crippen molar-refractivity contribution >= 4 is 48.9 Å². The molecule has 0 saturated carbocycles. The summed E-state index contributed by atoms with van der Waals surface area (Å²) in [5, 5.41) is 58.0. The van der Waals surface area contributed by atoms with Gasteiger partial charge < -0.3 is 46.3 Å². The topological polar surface area (TPSA) is 420 Å². The molecule has 1 radical (unpaired) electrons. The number of hydrogen-bond donors (Lipinski definition) is 6. The quantitative estimate of drug-likeness (QED) is 0.0206. The molecule has 36 heteroatoms. The molecule has 3 amide bonds. The zero-order chi connectivity index (χ0) is 81.1. The number of nitrogens with zero attached hydrogens (tertiary/aromatic N) is 18. The van der Waals surface area contributed by atoms with E-state index in [-0.39, 0.29) is 85.7 Å². The first kappa shape index (κ1) is 92.6. The van der Waals surface area contributed by atoms with Gasteiger partial charge in [-0.3, -0.25) is 19.2 Å². The van der Waals surface area contributed by atoms with E-state index in [9.17, 15) is 40.7 Å². The molecule has 8 N–H and O–H groups in total. The second-order valence-corrected chi connectivity index (χ2v) is 23.2. The number of aromatic nitrogens is 10. The molecular weight excluding hydrogens is 1440 g/mol. The third-order valence-corrected chi connectivity index (χ3v) is 15.7. The number of aliphatic carboxylic acids is 1. The van der Waals surface area contributed by atoms with Crippen molar-refractivity contribution in [3.8, 4) is 23.6 Å². The van der Waals surface area contributed by atoms with Crippen molar-refractivity contribution in [1.29, 1.82) is 15.8 Å². The Morgan fingerprint density at radius 2 is 0.910 bits per heavy atom. The van der Waals surface area contributed by atoms with Crippen LogP contribution >= 0.6 is 0 Å². The number of carboxylic acid groups (broad SMARTS) is 1. The molecule has 29 nitrogen and oxygen atoms in total. The second-order valence-electron chi connectivity index (χ2n) is 23.2. The van der Waals surface area contributed by atoms with E-state index in [2.05, 4.69) is 95.2 Å². The van der Waals surface area contributed by atoms with E-state index in [0.29, 0.717) is 105 Å². The molecule has 1 aliphatic rings. The number of benzene rings is 4. The standard InChI is InChI=1S/C20H20F3N5O2.C19H21FN6O.C17H18FN5O.C15H16FN5.C2H4O2.2CH4.BHN.H3N/c1-3-28(12(2)29)11-14(13-4-6-16(21)7-5-13)8-17-24-9-15(10-25-17)19-26-27-20(30-19)18(22)23;1-3-26(13(2)27)12-15(14-4-6-17(20)7-5-14)8-19-21-9-16(10-22-19)18-11-23-25-24-18;1-3-23(12(2)24)11-16(14-4-6-15(18)7-5-14)22-17-20-9-13(8-19)10-21-17;1-2-18-10-14(12-3-5-13(16)6-4-12)21-15-19-8-11(7-17)9-20-15;1-2(3)4;;;1-2;/h4-7,9-10,14,18H,3,8,11H2,1-2H3;4-7,9-10,15H,3,8,11-12H2,1-2H3;4-7,9-10,16H,3,11H2,1-2H3,(H,20,21,22);3-6,8-9,14,18H,2,10H2,1H3,(H,19,20,21);1H3,(H,3,4);2*1H4;2H;1H3/i/hD. The predicted octanol–water partition coefficient (Wildman–Crippen LogP) is 13.0. The maximum absolute atomic E-state index is 13.3. The molecule has 0 bridgehead atoms. The number of carbonyl (C=O) groups is 4. The zero-order valence-corrected chi connectivity index (χ0v) is 61.0. The van der Waals surface area contributed by atoms with Gasteiger partial charge >= 0.3 is 19.4 Å². The van der Waals surface area contributed by atoms with Gasteiger partial charge in [-0.25, -0.2) is 57.4 Å². The first-order chi connectivity index (χ1) is 52.9. The number of hydrogen-bond acceptors (Lipinski definition) is 25. The first-order valence-corrected chi connectivity index (χ1v) is 33.5. The first-order valence-electron chi connectivity index (χ1n) is 34.1. The normalized spacial score (nSPS) is 11.7. The minimum absolute atomic E-state index is 0. The van der Waals surface area contributed by atoms with E-state index in [0.717, 1.165) is 47.0 Å². The molecule has 4 atom stereocenters. The van der Waals surface area contributed by atoms with Crippen LogP contribution < -0.4 is 22.1 Å². The molecule has 9 aromatic rings. The van der Waals surface area contributed by atoms with Crippen LogP contribution in [-0.4, -0.2) is 166 Å². The monoisotopic (exact) mass is 1540 g/mol. The number of likely N-dealkylation sites (N-methyl/N-ethyl adjacent to an activating group) is 4. The Kier molecular flexibility index (Phi) is 41.8. The van der Waals surface area contributed by atoms with Crippen LogP contribution in [0.1, 0.15) is 157 Å². The Hall–Kier alpha value is -12.6. The van der Waals surface area contributed by atoms with E-state index < -0.39 is 18.3 Å². The third kappa shape index (κ3) is 32.4. The van der Waals surface area contributed by atoms with Crippen molar-refractivity contribution in [2.24, 2.45) is 15.4 Å². The average molecular weight is 1540 g/mol. The summed E-state index contributed by atoms with van der Waals surface area (Å²) < 4.78 is 88.2. The summed E-state index contributed by atoms with van der Waals surface area (Å²) in [5.41, 5.74) is 6.16. The average Bonchev–Trinajstić information content (AvgIpc) is 1.20. The fourth-order valence-corrected chi connectivity index (χ4v) is 10.1. The van der Waals surface area contributed by atoms with Crippen LogP contribution in [0.3, 0.4) is 0 Å². The molecule has 0 spiro atoms. The Morgan fingerprint density at radius 1 is 0.559 bits per heavy atom. The van der Waals surface area contributed by atoms with Crippen molar-refractivity contribution < 1.29 is 56.5 Å². The van der Waals surface area contributed by atoms with Gasteiger partial charge in [0.25, 0.3) is 17.8 Å². The van der Waals surface area contributed by atoms with Crippen molar-refractivity contribution in [3.05, 3.63) is 226 Å². The molecule has 6 heterocycles. The van der Waals surface area contributed by atoms with Gasteiger partial charge in [0.05, 0.1) is 59.3 Å². The van der Waals surface area contributed by atoms with E-state index in [1.54, 1.807) is 82.5 Å². The van der Waals surface area contributed by atoms with Crippen LogP contribution in [0.5, 0.6) is 0 Å². The number of carbonyl (C=O) groups excluding carboxylic acids is 3. The second kappa shape index (κ2) is 50.1. The molecular formula is C75H91BF6N23O6. The maximum atomic E-state index is 13.3. The SMILES string of the molecule is C.C.CC(=O)O.CCN(CC(Cc1ncc(-c2nnc(C(F)F)o2)cn1)c1ccc(F)cc1)C(C)=O.CCN(CC(Cc1ncc(C2=NN=NC2)cn1)c1ccc(F)cc1)C(C)=O.CCN(CC(Nc1ncc(C#N)cn1)c1ccc(F)cc1)C(C)=O.CCNCC(Nc1ncc(C#N)cn1)c1ccc(F)cc1.[2H]N.[B]=N. The van der Waals surface area contributed by atoms with Crippen molar-refractivity contribution in [1.82, 2.24) is 76.2 Å². The third-order valence-electron chi connectivity index (χ3n) is 15.7.